The van der Waals surface area contributed by atoms with Crippen molar-refractivity contribution in [3.8, 4) is 0 Å². The highest BCUT2D eigenvalue weighted by molar-refractivity contribution is 5.36. The maximum absolute atomic E-state index is 14.0. The number of nitro benzene ring substituents is 1. The van der Waals surface area contributed by atoms with Gasteiger partial charge in [0.15, 0.2) is 0 Å². The lowest BCUT2D eigenvalue weighted by Crippen LogP contribution is -2.36. The lowest BCUT2D eigenvalue weighted by molar-refractivity contribution is -0.387. The molecule has 1 unspecified atom stereocenters. The van der Waals surface area contributed by atoms with Gasteiger partial charge in [-0.3, -0.25) is 10.1 Å². The first-order chi connectivity index (χ1) is 9.58. The third kappa shape index (κ3) is 3.74. The molecular formula is C14H20FN3O2. The molecule has 2 rings (SSSR count). The van der Waals surface area contributed by atoms with Gasteiger partial charge in [0.05, 0.1) is 4.92 Å². The van der Waals surface area contributed by atoms with Gasteiger partial charge >= 0.3 is 5.69 Å². The van der Waals surface area contributed by atoms with Crippen LogP contribution in [0.2, 0.25) is 0 Å². The highest BCUT2D eigenvalue weighted by atomic mass is 19.1. The van der Waals surface area contributed by atoms with E-state index in [-0.39, 0.29) is 0 Å². The van der Waals surface area contributed by atoms with E-state index in [1.165, 1.54) is 25.0 Å². The number of hydrogen-bond donors (Lipinski definition) is 1. The number of hydrogen-bond acceptors (Lipinski definition) is 4. The minimum Gasteiger partial charge on any atom is -0.316 e. The number of nitrogens with one attached hydrogen (secondary N) is 1. The Bertz CT molecular complexity index is 475. The van der Waals surface area contributed by atoms with E-state index in [0.29, 0.717) is 18.0 Å². The maximum Gasteiger partial charge on any atom is 0.305 e. The number of nitro groups is 1. The van der Waals surface area contributed by atoms with Crippen LogP contribution in [-0.2, 0) is 6.54 Å². The molecule has 1 aromatic carbocycles. The zero-order valence-corrected chi connectivity index (χ0v) is 11.6. The van der Waals surface area contributed by atoms with Gasteiger partial charge in [0, 0.05) is 24.7 Å². The summed E-state index contributed by atoms with van der Waals surface area (Å²) in [4.78, 5) is 12.1. The highest BCUT2D eigenvalue weighted by Gasteiger charge is 2.19. The third-order valence-corrected chi connectivity index (χ3v) is 3.66. The first-order valence-corrected chi connectivity index (χ1v) is 6.89. The molecule has 6 heteroatoms. The quantitative estimate of drug-likeness (QED) is 0.664. The van der Waals surface area contributed by atoms with Crippen molar-refractivity contribution >= 4 is 5.69 Å². The molecule has 1 aliphatic heterocycles. The largest absolute Gasteiger partial charge is 0.316 e. The summed E-state index contributed by atoms with van der Waals surface area (Å²) in [7, 11) is 1.92. The molecule has 0 spiro atoms. The van der Waals surface area contributed by atoms with Gasteiger partial charge in [0.2, 0.25) is 5.82 Å². The Labute approximate surface area is 117 Å². The van der Waals surface area contributed by atoms with Crippen LogP contribution in [0.25, 0.3) is 0 Å². The van der Waals surface area contributed by atoms with Crippen molar-refractivity contribution in [2.45, 2.75) is 19.4 Å². The summed E-state index contributed by atoms with van der Waals surface area (Å²) < 4.78 is 14.0. The van der Waals surface area contributed by atoms with Gasteiger partial charge in [-0.2, -0.15) is 4.39 Å². The van der Waals surface area contributed by atoms with Crippen LogP contribution in [0.1, 0.15) is 18.4 Å². The number of piperidine rings is 1. The fraction of sp³-hybridized carbons (Fsp3) is 0.571. The van der Waals surface area contributed by atoms with Crippen molar-refractivity contribution in [3.63, 3.8) is 0 Å². The van der Waals surface area contributed by atoms with Crippen molar-refractivity contribution in [2.75, 3.05) is 26.7 Å². The van der Waals surface area contributed by atoms with Crippen molar-refractivity contribution in [3.05, 3.63) is 39.7 Å². The molecule has 1 aromatic rings. The molecule has 0 radical (unpaired) electrons. The summed E-state index contributed by atoms with van der Waals surface area (Å²) >= 11 is 0. The molecule has 1 N–H and O–H groups in total. The SMILES string of the molecule is CN(Cc1cccc([N+](=O)[O-])c1F)CC1CCCNC1. The number of rotatable bonds is 5. The topological polar surface area (TPSA) is 58.4 Å². The summed E-state index contributed by atoms with van der Waals surface area (Å²) in [5.41, 5.74) is -0.0688. The Morgan fingerprint density at radius 3 is 3.00 bits per heavy atom. The first-order valence-electron chi connectivity index (χ1n) is 6.89. The van der Waals surface area contributed by atoms with E-state index in [9.17, 15) is 14.5 Å². The number of halogens is 1. The standard InChI is InChI=1S/C14H20FN3O2/c1-17(9-11-4-3-7-16-8-11)10-12-5-2-6-13(14(12)15)18(19)20/h2,5-6,11,16H,3-4,7-10H2,1H3. The van der Waals surface area contributed by atoms with Crippen LogP contribution >= 0.6 is 0 Å². The van der Waals surface area contributed by atoms with Crippen LogP contribution in [0.15, 0.2) is 18.2 Å². The Kier molecular flexibility index (Phi) is 5.03. The van der Waals surface area contributed by atoms with Gasteiger partial charge in [0.25, 0.3) is 0 Å². The highest BCUT2D eigenvalue weighted by Crippen LogP contribution is 2.21. The van der Waals surface area contributed by atoms with Crippen molar-refractivity contribution in [1.29, 1.82) is 0 Å². The van der Waals surface area contributed by atoms with Gasteiger partial charge in [0.1, 0.15) is 0 Å². The van der Waals surface area contributed by atoms with E-state index >= 15 is 0 Å². The van der Waals surface area contributed by atoms with E-state index in [4.69, 9.17) is 0 Å². The third-order valence-electron chi connectivity index (χ3n) is 3.66. The van der Waals surface area contributed by atoms with E-state index in [0.717, 1.165) is 19.6 Å². The van der Waals surface area contributed by atoms with Gasteiger partial charge in [-0.1, -0.05) is 12.1 Å². The smallest absolute Gasteiger partial charge is 0.305 e. The second-order valence-electron chi connectivity index (χ2n) is 5.42. The van der Waals surface area contributed by atoms with Crippen molar-refractivity contribution in [1.82, 2.24) is 10.2 Å². The van der Waals surface area contributed by atoms with Gasteiger partial charge < -0.3 is 10.2 Å². The number of nitrogens with zero attached hydrogens (tertiary/aromatic N) is 2. The van der Waals surface area contributed by atoms with Crippen LogP contribution in [0.3, 0.4) is 0 Å². The van der Waals surface area contributed by atoms with Gasteiger partial charge in [-0.15, -0.1) is 0 Å². The minimum atomic E-state index is -0.717. The summed E-state index contributed by atoms with van der Waals surface area (Å²) in [5, 5.41) is 14.1. The molecule has 1 atom stereocenters. The molecule has 0 aliphatic carbocycles. The predicted octanol–water partition coefficient (Wildman–Crippen LogP) is 2.17. The van der Waals surface area contributed by atoms with Gasteiger partial charge in [-0.25, -0.2) is 0 Å². The fourth-order valence-corrected chi connectivity index (χ4v) is 2.71. The summed E-state index contributed by atoms with van der Waals surface area (Å²) in [6, 6.07) is 4.34. The zero-order chi connectivity index (χ0) is 14.5. The van der Waals surface area contributed by atoms with Gasteiger partial charge in [-0.05, 0) is 38.9 Å². The van der Waals surface area contributed by atoms with E-state index in [1.54, 1.807) is 6.07 Å². The minimum absolute atomic E-state index is 0.380. The number of benzene rings is 1. The molecule has 1 aliphatic rings. The molecule has 5 nitrogen and oxygen atoms in total. The Balaban J connectivity index is 1.98. The Hall–Kier alpha value is -1.53. The summed E-state index contributed by atoms with van der Waals surface area (Å²) in [6.45, 7) is 3.32. The van der Waals surface area contributed by atoms with Crippen LogP contribution in [0.4, 0.5) is 10.1 Å². The lowest BCUT2D eigenvalue weighted by atomic mass is 9.99. The molecule has 1 fully saturated rings. The van der Waals surface area contributed by atoms with E-state index < -0.39 is 16.4 Å². The van der Waals surface area contributed by atoms with Crippen LogP contribution in [-0.4, -0.2) is 36.5 Å². The fourth-order valence-electron chi connectivity index (χ4n) is 2.71. The van der Waals surface area contributed by atoms with Crippen LogP contribution < -0.4 is 5.32 Å². The normalized spacial score (nSPS) is 19.2. The average molecular weight is 281 g/mol. The Morgan fingerprint density at radius 1 is 1.55 bits per heavy atom. The van der Waals surface area contributed by atoms with Crippen molar-refractivity contribution < 1.29 is 9.31 Å². The molecule has 0 saturated carbocycles. The van der Waals surface area contributed by atoms with E-state index in [2.05, 4.69) is 5.32 Å². The van der Waals surface area contributed by atoms with Crippen molar-refractivity contribution in [2.24, 2.45) is 5.92 Å². The molecular weight excluding hydrogens is 261 g/mol. The second kappa shape index (κ2) is 6.76. The lowest BCUT2D eigenvalue weighted by Gasteiger charge is -2.27. The maximum atomic E-state index is 14.0. The molecule has 1 saturated heterocycles. The van der Waals surface area contributed by atoms with Crippen LogP contribution in [0.5, 0.6) is 0 Å². The molecule has 0 bridgehead atoms. The summed E-state index contributed by atoms with van der Waals surface area (Å²) in [5.74, 6) is -0.151. The van der Waals surface area contributed by atoms with E-state index in [1.807, 2.05) is 11.9 Å². The first kappa shape index (κ1) is 14.9. The second-order valence-corrected chi connectivity index (χ2v) is 5.42. The Morgan fingerprint density at radius 2 is 2.35 bits per heavy atom. The molecule has 110 valence electrons. The average Bonchev–Trinajstić information content (AvgIpc) is 2.42. The predicted molar refractivity (Wildman–Crippen MR) is 75.0 cm³/mol. The monoisotopic (exact) mass is 281 g/mol. The molecule has 0 amide bonds. The molecule has 0 aromatic heterocycles. The zero-order valence-electron chi connectivity index (χ0n) is 11.6. The van der Waals surface area contributed by atoms with Crippen LogP contribution in [0, 0.1) is 21.8 Å². The molecule has 1 heterocycles. The summed E-state index contributed by atoms with van der Waals surface area (Å²) in [6.07, 6.45) is 2.35. The molecule has 20 heavy (non-hydrogen) atoms.